The van der Waals surface area contributed by atoms with Crippen LogP contribution >= 0.6 is 0 Å². The Morgan fingerprint density at radius 3 is 2.21 bits per heavy atom. The fraction of sp³-hybridized carbons (Fsp3) is 0.455. The molecule has 0 aliphatic heterocycles. The van der Waals surface area contributed by atoms with Crippen molar-refractivity contribution in [2.75, 3.05) is 13.2 Å². The maximum Gasteiger partial charge on any atom is 0.416 e. The van der Waals surface area contributed by atoms with Gasteiger partial charge in [0, 0.05) is 13.2 Å². The quantitative estimate of drug-likeness (QED) is 0.868. The second-order valence-corrected chi connectivity index (χ2v) is 5.93. The number of hydrogen-bond acceptors (Lipinski definition) is 3. The molecular formula is C11H14F3NO3S. The number of hydrogen-bond donors (Lipinski definition) is 2. The molecule has 0 aliphatic rings. The molecule has 1 unspecified atom stereocenters. The van der Waals surface area contributed by atoms with E-state index in [4.69, 9.17) is 5.11 Å². The largest absolute Gasteiger partial charge is 0.416 e. The number of benzene rings is 1. The van der Waals surface area contributed by atoms with Crippen LogP contribution in [0.2, 0.25) is 0 Å². The molecule has 1 aromatic carbocycles. The van der Waals surface area contributed by atoms with Gasteiger partial charge in [0.1, 0.15) is 0 Å². The van der Waals surface area contributed by atoms with Crippen LogP contribution in [0.3, 0.4) is 0 Å². The molecule has 0 aromatic heterocycles. The third-order valence-corrected chi connectivity index (χ3v) is 3.86. The number of rotatable bonds is 5. The maximum atomic E-state index is 12.3. The summed E-state index contributed by atoms with van der Waals surface area (Å²) in [6.07, 6.45) is -4.50. The molecule has 0 amide bonds. The summed E-state index contributed by atoms with van der Waals surface area (Å²) in [6, 6.07) is 3.22. The molecule has 0 saturated heterocycles. The van der Waals surface area contributed by atoms with Crippen molar-refractivity contribution in [2.45, 2.75) is 18.0 Å². The Bertz CT molecular complexity index is 511. The van der Waals surface area contributed by atoms with E-state index in [0.717, 1.165) is 12.1 Å². The Hall–Kier alpha value is -1.12. The van der Waals surface area contributed by atoms with Crippen LogP contribution in [0.25, 0.3) is 0 Å². The van der Waals surface area contributed by atoms with E-state index in [1.54, 1.807) is 6.92 Å². The van der Waals surface area contributed by atoms with Crippen LogP contribution in [0, 0.1) is 5.92 Å². The molecule has 0 bridgehead atoms. The summed E-state index contributed by atoms with van der Waals surface area (Å²) < 4.78 is 62.7. The first-order valence-electron chi connectivity index (χ1n) is 5.44. The molecule has 0 radical (unpaired) electrons. The zero-order valence-corrected chi connectivity index (χ0v) is 10.9. The summed E-state index contributed by atoms with van der Waals surface area (Å²) in [5.74, 6) is -0.274. The summed E-state index contributed by atoms with van der Waals surface area (Å²) in [7, 11) is -3.86. The number of nitrogens with one attached hydrogen (secondary N) is 1. The van der Waals surface area contributed by atoms with Crippen LogP contribution in [-0.2, 0) is 16.2 Å². The number of alkyl halides is 3. The molecule has 8 heteroatoms. The molecule has 0 aliphatic carbocycles. The van der Waals surface area contributed by atoms with Crippen LogP contribution in [0.5, 0.6) is 0 Å². The molecule has 19 heavy (non-hydrogen) atoms. The number of aliphatic hydroxyl groups is 1. The highest BCUT2D eigenvalue weighted by Gasteiger charge is 2.30. The van der Waals surface area contributed by atoms with Crippen LogP contribution in [0.1, 0.15) is 12.5 Å². The third kappa shape index (κ3) is 4.48. The van der Waals surface area contributed by atoms with Crippen molar-refractivity contribution in [1.29, 1.82) is 0 Å². The average Bonchev–Trinajstić information content (AvgIpc) is 2.35. The third-order valence-electron chi connectivity index (χ3n) is 2.43. The van der Waals surface area contributed by atoms with E-state index in [1.807, 2.05) is 0 Å². The molecular weight excluding hydrogens is 283 g/mol. The molecule has 2 N–H and O–H groups in total. The first-order valence-corrected chi connectivity index (χ1v) is 6.93. The van der Waals surface area contributed by atoms with Crippen molar-refractivity contribution >= 4 is 10.0 Å². The zero-order valence-electron chi connectivity index (χ0n) is 10.1. The van der Waals surface area contributed by atoms with E-state index in [1.165, 1.54) is 0 Å². The van der Waals surface area contributed by atoms with Crippen LogP contribution in [0.15, 0.2) is 29.2 Å². The van der Waals surface area contributed by atoms with E-state index in [0.29, 0.717) is 12.1 Å². The first-order chi connectivity index (χ1) is 8.66. The predicted octanol–water partition coefficient (Wildman–Crippen LogP) is 1.61. The van der Waals surface area contributed by atoms with Crippen molar-refractivity contribution in [3.05, 3.63) is 29.8 Å². The summed E-state index contributed by atoms with van der Waals surface area (Å²) >= 11 is 0. The molecule has 0 fully saturated rings. The lowest BCUT2D eigenvalue weighted by Gasteiger charge is -2.11. The highest BCUT2D eigenvalue weighted by molar-refractivity contribution is 7.89. The molecule has 0 heterocycles. The van der Waals surface area contributed by atoms with Gasteiger partial charge in [-0.25, -0.2) is 13.1 Å². The van der Waals surface area contributed by atoms with Crippen LogP contribution in [0.4, 0.5) is 13.2 Å². The minimum atomic E-state index is -4.50. The normalized spacial score (nSPS) is 14.4. The van der Waals surface area contributed by atoms with Gasteiger partial charge in [-0.3, -0.25) is 0 Å². The van der Waals surface area contributed by atoms with Gasteiger partial charge in [0.15, 0.2) is 0 Å². The standard InChI is InChI=1S/C11H14F3NO3S/c1-8(7-16)6-15-19(17,18)10-4-2-9(3-5-10)11(12,13)14/h2-5,8,15-16H,6-7H2,1H3. The van der Waals surface area contributed by atoms with Gasteiger partial charge in [-0.2, -0.15) is 13.2 Å². The minimum Gasteiger partial charge on any atom is -0.396 e. The summed E-state index contributed by atoms with van der Waals surface area (Å²) in [5.41, 5.74) is -0.907. The zero-order chi connectivity index (χ0) is 14.7. The van der Waals surface area contributed by atoms with Gasteiger partial charge in [0.2, 0.25) is 10.0 Å². The second-order valence-electron chi connectivity index (χ2n) is 4.16. The average molecular weight is 297 g/mol. The molecule has 1 rings (SSSR count). The Morgan fingerprint density at radius 1 is 1.26 bits per heavy atom. The highest BCUT2D eigenvalue weighted by Crippen LogP contribution is 2.29. The molecule has 1 aromatic rings. The number of halogens is 3. The minimum absolute atomic E-state index is 0.0137. The lowest BCUT2D eigenvalue weighted by atomic mass is 10.2. The van der Waals surface area contributed by atoms with Gasteiger partial charge in [-0.05, 0) is 30.2 Å². The van der Waals surface area contributed by atoms with Crippen LogP contribution in [-0.4, -0.2) is 26.7 Å². The smallest absolute Gasteiger partial charge is 0.396 e. The van der Waals surface area contributed by atoms with E-state index in [9.17, 15) is 21.6 Å². The van der Waals surface area contributed by atoms with E-state index in [2.05, 4.69) is 4.72 Å². The SMILES string of the molecule is CC(CO)CNS(=O)(=O)c1ccc(C(F)(F)F)cc1. The van der Waals surface area contributed by atoms with Crippen molar-refractivity contribution in [3.63, 3.8) is 0 Å². The monoisotopic (exact) mass is 297 g/mol. The van der Waals surface area contributed by atoms with Crippen molar-refractivity contribution in [1.82, 2.24) is 4.72 Å². The molecule has 1 atom stereocenters. The van der Waals surface area contributed by atoms with E-state index >= 15 is 0 Å². The molecule has 0 spiro atoms. The topological polar surface area (TPSA) is 66.4 Å². The molecule has 4 nitrogen and oxygen atoms in total. The van der Waals surface area contributed by atoms with Crippen LogP contribution < -0.4 is 4.72 Å². The lowest BCUT2D eigenvalue weighted by Crippen LogP contribution is -2.29. The lowest BCUT2D eigenvalue weighted by molar-refractivity contribution is -0.137. The highest BCUT2D eigenvalue weighted by atomic mass is 32.2. The van der Waals surface area contributed by atoms with Gasteiger partial charge in [0.25, 0.3) is 0 Å². The van der Waals surface area contributed by atoms with Gasteiger partial charge in [-0.1, -0.05) is 6.92 Å². The van der Waals surface area contributed by atoms with Gasteiger partial charge >= 0.3 is 6.18 Å². The fourth-order valence-corrected chi connectivity index (χ4v) is 2.39. The van der Waals surface area contributed by atoms with Gasteiger partial charge in [0.05, 0.1) is 10.5 Å². The Kier molecular flexibility index (Phi) is 4.94. The summed E-state index contributed by atoms with van der Waals surface area (Å²) in [5, 5.41) is 8.77. The van der Waals surface area contributed by atoms with Gasteiger partial charge in [-0.15, -0.1) is 0 Å². The number of sulfonamides is 1. The Morgan fingerprint density at radius 2 is 1.79 bits per heavy atom. The van der Waals surface area contributed by atoms with E-state index in [-0.39, 0.29) is 24.0 Å². The fourth-order valence-electron chi connectivity index (χ4n) is 1.22. The summed E-state index contributed by atoms with van der Waals surface area (Å²) in [4.78, 5) is -0.245. The van der Waals surface area contributed by atoms with Gasteiger partial charge < -0.3 is 5.11 Å². The second kappa shape index (κ2) is 5.89. The first kappa shape index (κ1) is 15.9. The number of aliphatic hydroxyl groups excluding tert-OH is 1. The van der Waals surface area contributed by atoms with Crippen molar-refractivity contribution < 1.29 is 26.7 Å². The summed E-state index contributed by atoms with van der Waals surface area (Å²) in [6.45, 7) is 1.46. The molecule has 0 saturated carbocycles. The molecule has 108 valence electrons. The van der Waals surface area contributed by atoms with E-state index < -0.39 is 21.8 Å². The Labute approximate surface area is 109 Å². The Balaban J connectivity index is 2.85. The van der Waals surface area contributed by atoms with Crippen molar-refractivity contribution in [2.24, 2.45) is 5.92 Å². The maximum absolute atomic E-state index is 12.3. The predicted molar refractivity (Wildman–Crippen MR) is 62.9 cm³/mol. The van der Waals surface area contributed by atoms with Crippen molar-refractivity contribution in [3.8, 4) is 0 Å².